The Balaban J connectivity index is 2.05. The van der Waals surface area contributed by atoms with E-state index in [0.717, 1.165) is 5.92 Å². The molecule has 2 heteroatoms. The lowest BCUT2D eigenvalue weighted by molar-refractivity contribution is 0.445. The second-order valence-corrected chi connectivity index (χ2v) is 5.27. The molecule has 0 atom stereocenters. The number of para-hydroxylation sites is 1. The fraction of sp³-hybridized carbons (Fsp3) is 0.462. The van der Waals surface area contributed by atoms with Crippen LogP contribution in [0, 0.1) is 0 Å². The molecule has 0 N–H and O–H groups in total. The molecule has 78 valence electrons. The van der Waals surface area contributed by atoms with E-state index in [4.69, 9.17) is 0 Å². The highest BCUT2D eigenvalue weighted by atomic mass is 32.1. The highest BCUT2D eigenvalue weighted by Gasteiger charge is 2.18. The van der Waals surface area contributed by atoms with Crippen molar-refractivity contribution >= 4 is 21.6 Å². The van der Waals surface area contributed by atoms with Gasteiger partial charge in [0, 0.05) is 0 Å². The zero-order valence-corrected chi connectivity index (χ0v) is 9.59. The van der Waals surface area contributed by atoms with Gasteiger partial charge in [-0.15, -0.1) is 11.3 Å². The van der Waals surface area contributed by atoms with Gasteiger partial charge in [-0.05, 0) is 30.4 Å². The van der Waals surface area contributed by atoms with Gasteiger partial charge in [-0.1, -0.05) is 31.4 Å². The highest BCUT2D eigenvalue weighted by Crippen LogP contribution is 2.36. The van der Waals surface area contributed by atoms with Crippen LogP contribution in [0.15, 0.2) is 23.7 Å². The van der Waals surface area contributed by atoms with Gasteiger partial charge in [0.1, 0.15) is 0 Å². The van der Waals surface area contributed by atoms with Gasteiger partial charge < -0.3 is 0 Å². The van der Waals surface area contributed by atoms with Crippen molar-refractivity contribution in [3.63, 3.8) is 0 Å². The van der Waals surface area contributed by atoms with Gasteiger partial charge in [-0.3, -0.25) is 0 Å². The number of fused-ring (bicyclic) bond motifs is 1. The van der Waals surface area contributed by atoms with Crippen molar-refractivity contribution in [2.24, 2.45) is 0 Å². The summed E-state index contributed by atoms with van der Waals surface area (Å²) in [5, 5.41) is 0. The molecular formula is C13H15NS. The molecule has 0 radical (unpaired) electrons. The molecule has 0 saturated heterocycles. The smallest absolute Gasteiger partial charge is 0.0846 e. The van der Waals surface area contributed by atoms with E-state index in [0.29, 0.717) is 0 Å². The lowest BCUT2D eigenvalue weighted by atomic mass is 9.84. The number of hydrogen-bond donors (Lipinski definition) is 0. The second kappa shape index (κ2) is 3.93. The molecular weight excluding hydrogens is 202 g/mol. The fourth-order valence-corrected chi connectivity index (χ4v) is 3.36. The van der Waals surface area contributed by atoms with Crippen molar-refractivity contribution in [2.75, 3.05) is 0 Å². The average molecular weight is 217 g/mol. The Morgan fingerprint density at radius 1 is 1.13 bits per heavy atom. The maximum absolute atomic E-state index is 4.51. The summed E-state index contributed by atoms with van der Waals surface area (Å²) in [7, 11) is 0. The number of benzene rings is 1. The molecule has 1 aliphatic carbocycles. The maximum Gasteiger partial charge on any atom is 0.0846 e. The number of rotatable bonds is 1. The highest BCUT2D eigenvalue weighted by molar-refractivity contribution is 7.16. The van der Waals surface area contributed by atoms with Crippen molar-refractivity contribution < 1.29 is 0 Å². The van der Waals surface area contributed by atoms with E-state index in [2.05, 4.69) is 23.2 Å². The number of nitrogens with zero attached hydrogens (tertiary/aromatic N) is 1. The molecule has 15 heavy (non-hydrogen) atoms. The quantitative estimate of drug-likeness (QED) is 0.692. The van der Waals surface area contributed by atoms with Crippen LogP contribution in [-0.2, 0) is 0 Å². The molecule has 1 aromatic carbocycles. The maximum atomic E-state index is 4.51. The van der Waals surface area contributed by atoms with Gasteiger partial charge in [0.15, 0.2) is 0 Å². The molecule has 0 bridgehead atoms. The lowest BCUT2D eigenvalue weighted by Crippen LogP contribution is -2.04. The first kappa shape index (κ1) is 9.34. The summed E-state index contributed by atoms with van der Waals surface area (Å²) in [5.74, 6) is 0.768. The minimum atomic E-state index is 0.768. The molecule has 3 rings (SSSR count). The molecule has 1 aromatic heterocycles. The van der Waals surface area contributed by atoms with Crippen LogP contribution in [0.1, 0.15) is 43.6 Å². The minimum absolute atomic E-state index is 0.768. The molecule has 1 nitrogen and oxygen atoms in total. The summed E-state index contributed by atoms with van der Waals surface area (Å²) in [4.78, 5) is 4.51. The van der Waals surface area contributed by atoms with E-state index in [1.54, 1.807) is 11.3 Å². The van der Waals surface area contributed by atoms with Crippen molar-refractivity contribution in [1.29, 1.82) is 0 Å². The first-order valence-corrected chi connectivity index (χ1v) is 6.65. The third-order valence-corrected chi connectivity index (χ3v) is 4.23. The Bertz CT molecular complexity index is 454. The monoisotopic (exact) mass is 217 g/mol. The Morgan fingerprint density at radius 2 is 2.00 bits per heavy atom. The van der Waals surface area contributed by atoms with Crippen molar-refractivity contribution in [1.82, 2.24) is 4.98 Å². The van der Waals surface area contributed by atoms with E-state index in [-0.39, 0.29) is 0 Å². The van der Waals surface area contributed by atoms with E-state index in [1.807, 2.05) is 5.51 Å². The summed E-state index contributed by atoms with van der Waals surface area (Å²) in [5.41, 5.74) is 4.72. The largest absolute Gasteiger partial charge is 0.244 e. The van der Waals surface area contributed by atoms with Crippen LogP contribution in [0.5, 0.6) is 0 Å². The molecule has 2 aromatic rings. The predicted molar refractivity (Wildman–Crippen MR) is 65.4 cm³/mol. The van der Waals surface area contributed by atoms with E-state index in [1.165, 1.54) is 47.9 Å². The molecule has 1 fully saturated rings. The summed E-state index contributed by atoms with van der Waals surface area (Å²) < 4.78 is 1.35. The Labute approximate surface area is 94.2 Å². The molecule has 0 aliphatic heterocycles. The normalized spacial score (nSPS) is 18.4. The van der Waals surface area contributed by atoms with Crippen molar-refractivity contribution in [2.45, 2.75) is 38.0 Å². The van der Waals surface area contributed by atoms with Gasteiger partial charge in [-0.2, -0.15) is 0 Å². The van der Waals surface area contributed by atoms with E-state index in [9.17, 15) is 0 Å². The number of hydrogen-bond acceptors (Lipinski definition) is 2. The topological polar surface area (TPSA) is 12.9 Å². The van der Waals surface area contributed by atoms with Gasteiger partial charge in [0.25, 0.3) is 0 Å². The summed E-state index contributed by atoms with van der Waals surface area (Å²) in [6.45, 7) is 0. The Kier molecular flexibility index (Phi) is 2.45. The summed E-state index contributed by atoms with van der Waals surface area (Å²) in [6, 6.07) is 6.64. The Morgan fingerprint density at radius 3 is 2.87 bits per heavy atom. The molecule has 0 amide bonds. The zero-order chi connectivity index (χ0) is 10.1. The minimum Gasteiger partial charge on any atom is -0.244 e. The van der Waals surface area contributed by atoms with Gasteiger partial charge in [-0.25, -0.2) is 4.98 Å². The van der Waals surface area contributed by atoms with Crippen LogP contribution < -0.4 is 0 Å². The van der Waals surface area contributed by atoms with Gasteiger partial charge in [0.2, 0.25) is 0 Å². The molecule has 1 saturated carbocycles. The lowest BCUT2D eigenvalue weighted by Gasteiger charge is -2.22. The van der Waals surface area contributed by atoms with Crippen LogP contribution in [0.3, 0.4) is 0 Å². The first-order chi connectivity index (χ1) is 7.45. The van der Waals surface area contributed by atoms with Crippen molar-refractivity contribution in [3.05, 3.63) is 29.3 Å². The number of aromatic nitrogens is 1. The van der Waals surface area contributed by atoms with Crippen LogP contribution >= 0.6 is 11.3 Å². The van der Waals surface area contributed by atoms with E-state index >= 15 is 0 Å². The first-order valence-electron chi connectivity index (χ1n) is 5.77. The third kappa shape index (κ3) is 1.67. The summed E-state index contributed by atoms with van der Waals surface area (Å²) >= 11 is 1.75. The van der Waals surface area contributed by atoms with Gasteiger partial charge >= 0.3 is 0 Å². The third-order valence-electron chi connectivity index (χ3n) is 3.44. The van der Waals surface area contributed by atoms with Crippen LogP contribution in [0.2, 0.25) is 0 Å². The zero-order valence-electron chi connectivity index (χ0n) is 8.78. The van der Waals surface area contributed by atoms with Crippen LogP contribution in [0.25, 0.3) is 10.2 Å². The SMILES string of the molecule is c1cc(C2CCCCC2)c2ncsc2c1. The van der Waals surface area contributed by atoms with Crippen LogP contribution in [0.4, 0.5) is 0 Å². The molecule has 1 aliphatic rings. The summed E-state index contributed by atoms with van der Waals surface area (Å²) in [6.07, 6.45) is 6.92. The predicted octanol–water partition coefficient (Wildman–Crippen LogP) is 4.34. The van der Waals surface area contributed by atoms with Gasteiger partial charge in [0.05, 0.1) is 15.7 Å². The number of thiazole rings is 1. The molecule has 0 unspecified atom stereocenters. The fourth-order valence-electron chi connectivity index (χ4n) is 2.65. The van der Waals surface area contributed by atoms with E-state index < -0.39 is 0 Å². The molecule has 0 spiro atoms. The second-order valence-electron chi connectivity index (χ2n) is 4.38. The van der Waals surface area contributed by atoms with Crippen molar-refractivity contribution in [3.8, 4) is 0 Å². The molecule has 1 heterocycles. The standard InChI is InChI=1S/C13H15NS/c1-2-5-10(6-3-1)11-7-4-8-12-13(11)14-9-15-12/h4,7-10H,1-3,5-6H2. The Hall–Kier alpha value is -0.890. The average Bonchev–Trinajstić information content (AvgIpc) is 2.78. The van der Waals surface area contributed by atoms with Crippen LogP contribution in [-0.4, -0.2) is 4.98 Å².